The number of ether oxygens (including phenoxy) is 1. The number of amides is 2. The smallest absolute Gasteiger partial charge is 0.253 e. The molecule has 0 aliphatic carbocycles. The summed E-state index contributed by atoms with van der Waals surface area (Å²) in [5.41, 5.74) is 1.83. The lowest BCUT2D eigenvalue weighted by Crippen LogP contribution is -2.41. The second-order valence-electron chi connectivity index (χ2n) is 6.34. The molecule has 7 heteroatoms. The third-order valence-electron chi connectivity index (χ3n) is 4.09. The molecule has 1 heterocycles. The number of pyridine rings is 1. The molecule has 0 fully saturated rings. The molecule has 3 rings (SSSR count). The number of hydrogen-bond donors (Lipinski definition) is 2. The Kier molecular flexibility index (Phi) is 6.81. The van der Waals surface area contributed by atoms with E-state index in [1.54, 1.807) is 67.8 Å². The maximum Gasteiger partial charge on any atom is 0.253 e. The molecule has 0 aliphatic heterocycles. The summed E-state index contributed by atoms with van der Waals surface area (Å²) in [5.74, 6) is -0.152. The molecule has 2 N–H and O–H groups in total. The number of benzene rings is 2. The minimum atomic E-state index is -0.751. The van der Waals surface area contributed by atoms with E-state index in [0.717, 1.165) is 5.56 Å². The molecular formula is C22H20ClN3O3. The van der Waals surface area contributed by atoms with Gasteiger partial charge < -0.3 is 15.4 Å². The average Bonchev–Trinajstić information content (AvgIpc) is 2.73. The fraction of sp³-hybridized carbons (Fsp3) is 0.136. The highest BCUT2D eigenvalue weighted by Crippen LogP contribution is 2.19. The van der Waals surface area contributed by atoms with Crippen molar-refractivity contribution in [2.24, 2.45) is 0 Å². The van der Waals surface area contributed by atoms with Crippen LogP contribution in [-0.4, -0.2) is 22.8 Å². The fourth-order valence-electron chi connectivity index (χ4n) is 2.55. The van der Waals surface area contributed by atoms with Crippen LogP contribution in [0.15, 0.2) is 73.1 Å². The molecule has 1 unspecified atom stereocenters. The van der Waals surface area contributed by atoms with Gasteiger partial charge in [-0.1, -0.05) is 35.9 Å². The topological polar surface area (TPSA) is 80.3 Å². The van der Waals surface area contributed by atoms with Crippen LogP contribution in [0.2, 0.25) is 5.02 Å². The molecule has 0 radical (unpaired) electrons. The monoisotopic (exact) mass is 409 g/mol. The lowest BCUT2D eigenvalue weighted by atomic mass is 10.2. The second-order valence-corrected chi connectivity index (χ2v) is 6.75. The normalized spacial score (nSPS) is 11.4. The van der Waals surface area contributed by atoms with E-state index in [1.165, 1.54) is 0 Å². The molecule has 0 saturated heterocycles. The number of halogens is 1. The standard InChI is InChI=1S/C22H20ClN3O3/c1-15(25-22(28)19-9-2-3-10-20(19)23)21(27)26-17-7-4-8-18(12-17)29-14-16-6-5-11-24-13-16/h2-13,15H,14H2,1H3,(H,25,28)(H,26,27). The lowest BCUT2D eigenvalue weighted by molar-refractivity contribution is -0.117. The predicted molar refractivity (Wildman–Crippen MR) is 112 cm³/mol. The van der Waals surface area contributed by atoms with Gasteiger partial charge in [0, 0.05) is 29.7 Å². The largest absolute Gasteiger partial charge is 0.489 e. The van der Waals surface area contributed by atoms with Crippen molar-refractivity contribution >= 4 is 29.1 Å². The third kappa shape index (κ3) is 5.80. The number of anilines is 1. The number of nitrogens with one attached hydrogen (secondary N) is 2. The number of carbonyl (C=O) groups excluding carboxylic acids is 2. The molecule has 0 aliphatic rings. The van der Waals surface area contributed by atoms with Crippen LogP contribution in [0.4, 0.5) is 5.69 Å². The predicted octanol–water partition coefficient (Wildman–Crippen LogP) is 4.07. The van der Waals surface area contributed by atoms with Crippen molar-refractivity contribution in [3.63, 3.8) is 0 Å². The summed E-state index contributed by atoms with van der Waals surface area (Å²) < 4.78 is 5.73. The van der Waals surface area contributed by atoms with Gasteiger partial charge in [0.2, 0.25) is 5.91 Å². The van der Waals surface area contributed by atoms with Crippen molar-refractivity contribution in [1.29, 1.82) is 0 Å². The van der Waals surface area contributed by atoms with Gasteiger partial charge in [-0.15, -0.1) is 0 Å². The Labute approximate surface area is 173 Å². The summed E-state index contributed by atoms with van der Waals surface area (Å²) in [5, 5.41) is 5.75. The Morgan fingerprint density at radius 1 is 1.10 bits per heavy atom. The van der Waals surface area contributed by atoms with E-state index in [1.807, 2.05) is 12.1 Å². The van der Waals surface area contributed by atoms with Gasteiger partial charge in [-0.25, -0.2) is 0 Å². The molecule has 29 heavy (non-hydrogen) atoms. The summed E-state index contributed by atoms with van der Waals surface area (Å²) in [6.07, 6.45) is 3.43. The summed E-state index contributed by atoms with van der Waals surface area (Å²) in [6, 6.07) is 16.7. The zero-order chi connectivity index (χ0) is 20.6. The zero-order valence-corrected chi connectivity index (χ0v) is 16.5. The summed E-state index contributed by atoms with van der Waals surface area (Å²) >= 11 is 6.02. The molecule has 0 spiro atoms. The number of aromatic nitrogens is 1. The van der Waals surface area contributed by atoms with Gasteiger partial charge >= 0.3 is 0 Å². The van der Waals surface area contributed by atoms with Gasteiger partial charge in [-0.2, -0.15) is 0 Å². The Morgan fingerprint density at radius 2 is 1.93 bits per heavy atom. The van der Waals surface area contributed by atoms with Crippen molar-refractivity contribution < 1.29 is 14.3 Å². The van der Waals surface area contributed by atoms with Gasteiger partial charge in [0.25, 0.3) is 5.91 Å². The van der Waals surface area contributed by atoms with Gasteiger partial charge in [0.05, 0.1) is 10.6 Å². The SMILES string of the molecule is CC(NC(=O)c1ccccc1Cl)C(=O)Nc1cccc(OCc2cccnc2)c1. The highest BCUT2D eigenvalue weighted by atomic mass is 35.5. The summed E-state index contributed by atoms with van der Waals surface area (Å²) in [4.78, 5) is 28.8. The van der Waals surface area contributed by atoms with Crippen LogP contribution in [0.25, 0.3) is 0 Å². The Balaban J connectivity index is 1.57. The number of hydrogen-bond acceptors (Lipinski definition) is 4. The van der Waals surface area contributed by atoms with Crippen LogP contribution in [0, 0.1) is 0 Å². The molecule has 1 atom stereocenters. The lowest BCUT2D eigenvalue weighted by Gasteiger charge is -2.15. The van der Waals surface area contributed by atoms with E-state index < -0.39 is 11.9 Å². The highest BCUT2D eigenvalue weighted by molar-refractivity contribution is 6.33. The Hall–Kier alpha value is -3.38. The third-order valence-corrected chi connectivity index (χ3v) is 4.42. The van der Waals surface area contributed by atoms with Crippen molar-refractivity contribution in [1.82, 2.24) is 10.3 Å². The Morgan fingerprint density at radius 3 is 2.69 bits per heavy atom. The van der Waals surface area contributed by atoms with Crippen molar-refractivity contribution in [3.05, 3.63) is 89.2 Å². The van der Waals surface area contributed by atoms with Gasteiger partial charge in [-0.05, 0) is 37.3 Å². The van der Waals surface area contributed by atoms with Crippen LogP contribution >= 0.6 is 11.6 Å². The molecule has 1 aromatic heterocycles. The van der Waals surface area contributed by atoms with Crippen LogP contribution in [0.5, 0.6) is 5.75 Å². The molecular weight excluding hydrogens is 390 g/mol. The van der Waals surface area contributed by atoms with Crippen molar-refractivity contribution in [3.8, 4) is 5.75 Å². The molecule has 2 amide bonds. The van der Waals surface area contributed by atoms with Gasteiger partial charge in [-0.3, -0.25) is 14.6 Å². The van der Waals surface area contributed by atoms with Crippen LogP contribution in [-0.2, 0) is 11.4 Å². The van der Waals surface area contributed by atoms with E-state index >= 15 is 0 Å². The fourth-order valence-corrected chi connectivity index (χ4v) is 2.77. The van der Waals surface area contributed by atoms with Gasteiger partial charge in [0.1, 0.15) is 18.4 Å². The maximum atomic E-state index is 12.4. The molecule has 0 bridgehead atoms. The number of carbonyl (C=O) groups is 2. The summed E-state index contributed by atoms with van der Waals surface area (Å²) in [7, 11) is 0. The van der Waals surface area contributed by atoms with E-state index in [0.29, 0.717) is 28.6 Å². The van der Waals surface area contributed by atoms with E-state index in [9.17, 15) is 9.59 Å². The van der Waals surface area contributed by atoms with Crippen LogP contribution in [0.1, 0.15) is 22.8 Å². The molecule has 3 aromatic rings. The van der Waals surface area contributed by atoms with E-state index in [2.05, 4.69) is 15.6 Å². The number of rotatable bonds is 7. The molecule has 148 valence electrons. The highest BCUT2D eigenvalue weighted by Gasteiger charge is 2.18. The zero-order valence-electron chi connectivity index (χ0n) is 15.8. The first kappa shape index (κ1) is 20.4. The van der Waals surface area contributed by atoms with E-state index in [4.69, 9.17) is 16.3 Å². The first-order chi connectivity index (χ1) is 14.0. The molecule has 2 aromatic carbocycles. The van der Waals surface area contributed by atoms with Crippen LogP contribution < -0.4 is 15.4 Å². The molecule has 0 saturated carbocycles. The molecule has 6 nitrogen and oxygen atoms in total. The van der Waals surface area contributed by atoms with Gasteiger partial charge in [0.15, 0.2) is 0 Å². The number of nitrogens with zero attached hydrogens (tertiary/aromatic N) is 1. The van der Waals surface area contributed by atoms with Crippen molar-refractivity contribution in [2.45, 2.75) is 19.6 Å². The van der Waals surface area contributed by atoms with Crippen molar-refractivity contribution in [2.75, 3.05) is 5.32 Å². The maximum absolute atomic E-state index is 12.4. The van der Waals surface area contributed by atoms with E-state index in [-0.39, 0.29) is 5.91 Å². The minimum Gasteiger partial charge on any atom is -0.489 e. The first-order valence-electron chi connectivity index (χ1n) is 9.01. The second kappa shape index (κ2) is 9.71. The Bertz CT molecular complexity index is 995. The quantitative estimate of drug-likeness (QED) is 0.616. The minimum absolute atomic E-state index is 0.319. The summed E-state index contributed by atoms with van der Waals surface area (Å²) in [6.45, 7) is 1.97. The first-order valence-corrected chi connectivity index (χ1v) is 9.39. The van der Waals surface area contributed by atoms with Crippen LogP contribution in [0.3, 0.4) is 0 Å². The average molecular weight is 410 g/mol.